The number of fused-ring (bicyclic) bond motifs is 3. The molecular weight excluding hydrogens is 260 g/mol. The molecule has 2 nitrogen and oxygen atoms in total. The minimum absolute atomic E-state index is 0.551. The van der Waals surface area contributed by atoms with Gasteiger partial charge >= 0.3 is 0 Å². The van der Waals surface area contributed by atoms with Crippen LogP contribution in [0.1, 0.15) is 0 Å². The highest BCUT2D eigenvalue weighted by atomic mass is 35.5. The molecule has 0 aliphatic carbocycles. The van der Waals surface area contributed by atoms with Crippen molar-refractivity contribution in [3.63, 3.8) is 0 Å². The molecule has 3 rings (SSSR count). The minimum Gasteiger partial charge on any atom is -0.221 e. The Bertz CT molecular complexity index is 678. The van der Waals surface area contributed by atoms with Gasteiger partial charge in [0.25, 0.3) is 0 Å². The average molecular weight is 267 g/mol. The summed E-state index contributed by atoms with van der Waals surface area (Å²) in [5.41, 5.74) is 0.963. The fourth-order valence-electron chi connectivity index (χ4n) is 1.63. The third kappa shape index (κ3) is 1.49. The smallest absolute Gasteiger partial charge is 0.189 e. The highest BCUT2D eigenvalue weighted by Crippen LogP contribution is 2.36. The van der Waals surface area contributed by atoms with Crippen molar-refractivity contribution in [3.8, 4) is 0 Å². The average Bonchev–Trinajstić information content (AvgIpc) is 2.68. The van der Waals surface area contributed by atoms with Crippen molar-refractivity contribution in [3.05, 3.63) is 29.4 Å². The topological polar surface area (TPSA) is 25.8 Å². The molecular formula is C11H7ClN2S2. The molecule has 0 amide bonds. The first-order chi connectivity index (χ1) is 7.79. The number of thioether (sulfide) groups is 1. The predicted octanol–water partition coefficient (Wildman–Crippen LogP) is 4.22. The molecule has 5 heteroatoms. The molecule has 0 fully saturated rings. The number of hydrogen-bond acceptors (Lipinski definition) is 4. The third-order valence-corrected chi connectivity index (χ3v) is 4.44. The van der Waals surface area contributed by atoms with Crippen molar-refractivity contribution in [1.29, 1.82) is 0 Å². The molecule has 80 valence electrons. The molecule has 3 aromatic rings. The standard InChI is InChI=1S/C11H7ClN2S2/c1-15-11-13-8-6-4-2-3-5-7(6)16-9(8)10(12)14-11/h2-5H,1H3. The number of benzene rings is 1. The van der Waals surface area contributed by atoms with Crippen LogP contribution in [0, 0.1) is 0 Å². The summed E-state index contributed by atoms with van der Waals surface area (Å²) in [4.78, 5) is 8.76. The van der Waals surface area contributed by atoms with E-state index in [4.69, 9.17) is 11.6 Å². The largest absolute Gasteiger partial charge is 0.221 e. The van der Waals surface area contributed by atoms with Gasteiger partial charge in [-0.25, -0.2) is 9.97 Å². The van der Waals surface area contributed by atoms with Gasteiger partial charge in [-0.1, -0.05) is 41.6 Å². The van der Waals surface area contributed by atoms with Crippen LogP contribution in [0.25, 0.3) is 20.3 Å². The Balaban J connectivity index is 2.51. The van der Waals surface area contributed by atoms with Crippen LogP contribution in [0.4, 0.5) is 0 Å². The molecule has 0 radical (unpaired) electrons. The van der Waals surface area contributed by atoms with Gasteiger partial charge < -0.3 is 0 Å². The van der Waals surface area contributed by atoms with Gasteiger partial charge in [-0.15, -0.1) is 11.3 Å². The van der Waals surface area contributed by atoms with Gasteiger partial charge in [-0.05, 0) is 12.3 Å². The van der Waals surface area contributed by atoms with Gasteiger partial charge in [0.15, 0.2) is 10.3 Å². The Kier molecular flexibility index (Phi) is 2.50. The van der Waals surface area contributed by atoms with E-state index in [0.29, 0.717) is 5.15 Å². The summed E-state index contributed by atoms with van der Waals surface area (Å²) in [6.07, 6.45) is 1.95. The fourth-order valence-corrected chi connectivity index (χ4v) is 3.35. The van der Waals surface area contributed by atoms with Gasteiger partial charge in [-0.2, -0.15) is 0 Å². The van der Waals surface area contributed by atoms with Gasteiger partial charge in [-0.3, -0.25) is 0 Å². The first-order valence-corrected chi connectivity index (χ1v) is 7.10. The van der Waals surface area contributed by atoms with Gasteiger partial charge in [0.1, 0.15) is 0 Å². The monoisotopic (exact) mass is 266 g/mol. The second-order valence-electron chi connectivity index (χ2n) is 3.28. The van der Waals surface area contributed by atoms with E-state index in [1.807, 2.05) is 18.4 Å². The molecule has 1 aromatic carbocycles. The summed E-state index contributed by atoms with van der Waals surface area (Å²) < 4.78 is 2.17. The molecule has 0 saturated carbocycles. The van der Waals surface area contributed by atoms with Crippen LogP contribution < -0.4 is 0 Å². The number of rotatable bonds is 1. The van der Waals surface area contributed by atoms with E-state index in [1.54, 1.807) is 11.3 Å². The summed E-state index contributed by atoms with van der Waals surface area (Å²) in [5, 5.41) is 2.43. The Hall–Kier alpha value is -0.840. The van der Waals surface area contributed by atoms with Crippen LogP contribution in [0.5, 0.6) is 0 Å². The molecule has 0 bridgehead atoms. The van der Waals surface area contributed by atoms with Gasteiger partial charge in [0.2, 0.25) is 0 Å². The number of aromatic nitrogens is 2. The summed E-state index contributed by atoms with van der Waals surface area (Å²) in [5.74, 6) is 0. The quantitative estimate of drug-likeness (QED) is 0.375. The second kappa shape index (κ2) is 3.87. The summed E-state index contributed by atoms with van der Waals surface area (Å²) in [6.45, 7) is 0. The van der Waals surface area contributed by atoms with Crippen molar-refractivity contribution in [2.24, 2.45) is 0 Å². The Morgan fingerprint density at radius 1 is 1.25 bits per heavy atom. The number of thiophene rings is 1. The van der Waals surface area contributed by atoms with Crippen LogP contribution in [0.2, 0.25) is 5.15 Å². The number of nitrogens with zero attached hydrogens (tertiary/aromatic N) is 2. The highest BCUT2D eigenvalue weighted by Gasteiger charge is 2.11. The normalized spacial score (nSPS) is 11.4. The first kappa shape index (κ1) is 10.3. The summed E-state index contributed by atoms with van der Waals surface area (Å²) in [6, 6.07) is 8.19. The molecule has 0 aliphatic rings. The molecule has 0 unspecified atom stereocenters. The molecule has 0 spiro atoms. The molecule has 2 aromatic heterocycles. The van der Waals surface area contributed by atoms with Gasteiger partial charge in [0, 0.05) is 10.1 Å². The van der Waals surface area contributed by atoms with Crippen molar-refractivity contribution in [1.82, 2.24) is 9.97 Å². The first-order valence-electron chi connectivity index (χ1n) is 4.68. The molecule has 16 heavy (non-hydrogen) atoms. The molecule has 0 saturated heterocycles. The Morgan fingerprint density at radius 3 is 2.88 bits per heavy atom. The molecule has 0 N–H and O–H groups in total. The lowest BCUT2D eigenvalue weighted by Gasteiger charge is -1.97. The van der Waals surface area contributed by atoms with E-state index in [2.05, 4.69) is 22.1 Å². The zero-order chi connectivity index (χ0) is 11.1. The third-order valence-electron chi connectivity index (χ3n) is 2.34. The van der Waals surface area contributed by atoms with Crippen molar-refractivity contribution < 1.29 is 0 Å². The van der Waals surface area contributed by atoms with Crippen molar-refractivity contribution in [2.45, 2.75) is 5.16 Å². The minimum atomic E-state index is 0.551. The zero-order valence-electron chi connectivity index (χ0n) is 8.40. The zero-order valence-corrected chi connectivity index (χ0v) is 10.8. The molecule has 2 heterocycles. The van der Waals surface area contributed by atoms with E-state index >= 15 is 0 Å². The van der Waals surface area contributed by atoms with E-state index < -0.39 is 0 Å². The number of halogens is 1. The number of hydrogen-bond donors (Lipinski definition) is 0. The van der Waals surface area contributed by atoms with Crippen molar-refractivity contribution in [2.75, 3.05) is 6.26 Å². The van der Waals surface area contributed by atoms with E-state index in [1.165, 1.54) is 16.5 Å². The summed E-state index contributed by atoms with van der Waals surface area (Å²) >= 11 is 9.31. The van der Waals surface area contributed by atoms with Gasteiger partial charge in [0.05, 0.1) is 10.2 Å². The lowest BCUT2D eigenvalue weighted by atomic mass is 10.2. The van der Waals surface area contributed by atoms with Crippen LogP contribution in [-0.4, -0.2) is 16.2 Å². The predicted molar refractivity (Wildman–Crippen MR) is 71.7 cm³/mol. The Morgan fingerprint density at radius 2 is 2.06 bits per heavy atom. The van der Waals surface area contributed by atoms with E-state index in [0.717, 1.165) is 20.8 Å². The second-order valence-corrected chi connectivity index (χ2v) is 5.46. The lowest BCUT2D eigenvalue weighted by molar-refractivity contribution is 1.01. The maximum Gasteiger partial charge on any atom is 0.189 e. The maximum absolute atomic E-state index is 6.16. The van der Waals surface area contributed by atoms with Crippen LogP contribution >= 0.6 is 34.7 Å². The van der Waals surface area contributed by atoms with Crippen LogP contribution in [0.15, 0.2) is 29.4 Å². The van der Waals surface area contributed by atoms with Crippen molar-refractivity contribution >= 4 is 55.0 Å². The SMILES string of the molecule is CSc1nc(Cl)c2sc3ccccc3c2n1. The Labute approximate surface area is 106 Å². The van der Waals surface area contributed by atoms with Crippen LogP contribution in [0.3, 0.4) is 0 Å². The highest BCUT2D eigenvalue weighted by molar-refractivity contribution is 7.98. The summed E-state index contributed by atoms with van der Waals surface area (Å²) in [7, 11) is 0. The lowest BCUT2D eigenvalue weighted by Crippen LogP contribution is -1.86. The van der Waals surface area contributed by atoms with E-state index in [9.17, 15) is 0 Å². The molecule has 0 aliphatic heterocycles. The molecule has 0 atom stereocenters. The fraction of sp³-hybridized carbons (Fsp3) is 0.0909. The van der Waals surface area contributed by atoms with E-state index in [-0.39, 0.29) is 0 Å². The van der Waals surface area contributed by atoms with Crippen LogP contribution in [-0.2, 0) is 0 Å². The maximum atomic E-state index is 6.16.